The molecule has 0 radical (unpaired) electrons. The summed E-state index contributed by atoms with van der Waals surface area (Å²) in [5.41, 5.74) is 2.08. The number of nitriles is 1. The maximum absolute atomic E-state index is 12.5. The van der Waals surface area contributed by atoms with Crippen LogP contribution < -0.4 is 5.32 Å². The smallest absolute Gasteiger partial charge is 0.221 e. The largest absolute Gasteiger partial charge is 0.326 e. The highest BCUT2D eigenvalue weighted by Crippen LogP contribution is 2.22. The lowest BCUT2D eigenvalue weighted by atomic mass is 10.2. The summed E-state index contributed by atoms with van der Waals surface area (Å²) in [6, 6.07) is 14.6. The second-order valence-electron chi connectivity index (χ2n) is 5.24. The van der Waals surface area contributed by atoms with Gasteiger partial charge in [0.2, 0.25) is 15.7 Å². The molecule has 0 heterocycles. The predicted octanol–water partition coefficient (Wildman–Crippen LogP) is 3.29. The van der Waals surface area contributed by atoms with Gasteiger partial charge in [0.25, 0.3) is 0 Å². The number of anilines is 1. The number of carbonyl (C=O) groups excluding carboxylic acids is 1. The van der Waals surface area contributed by atoms with Crippen molar-refractivity contribution in [2.24, 2.45) is 0 Å². The van der Waals surface area contributed by atoms with E-state index < -0.39 is 9.84 Å². The van der Waals surface area contributed by atoms with Gasteiger partial charge in [-0.2, -0.15) is 5.26 Å². The molecule has 2 rings (SSSR count). The zero-order valence-corrected chi connectivity index (χ0v) is 14.1. The van der Waals surface area contributed by atoms with E-state index in [1.54, 1.807) is 42.5 Å². The summed E-state index contributed by atoms with van der Waals surface area (Å²) < 4.78 is 25.1. The minimum atomic E-state index is -3.86. The Morgan fingerprint density at radius 1 is 1.08 bits per heavy atom. The first-order valence-electron chi connectivity index (χ1n) is 7.14. The van der Waals surface area contributed by atoms with E-state index >= 15 is 0 Å². The molecule has 0 aliphatic heterocycles. The molecule has 0 spiro atoms. The summed E-state index contributed by atoms with van der Waals surface area (Å²) >= 11 is 0. The number of nitrogens with zero attached hydrogens (tertiary/aromatic N) is 1. The Labute approximate surface area is 141 Å². The first-order chi connectivity index (χ1) is 11.3. The molecule has 1 amide bonds. The van der Waals surface area contributed by atoms with Gasteiger partial charge in [-0.15, -0.1) is 0 Å². The highest BCUT2D eigenvalue weighted by Gasteiger charge is 2.20. The fraction of sp³-hybridized carbons (Fsp3) is 0.111. The van der Waals surface area contributed by atoms with Crippen LogP contribution in [0.25, 0.3) is 6.08 Å². The van der Waals surface area contributed by atoms with Gasteiger partial charge in [0.15, 0.2) is 0 Å². The van der Waals surface area contributed by atoms with E-state index in [0.29, 0.717) is 11.3 Å². The van der Waals surface area contributed by atoms with Crippen LogP contribution in [-0.4, -0.2) is 14.3 Å². The maximum Gasteiger partial charge on any atom is 0.221 e. The second kappa shape index (κ2) is 7.11. The summed E-state index contributed by atoms with van der Waals surface area (Å²) in [4.78, 5) is 10.7. The zero-order valence-electron chi connectivity index (χ0n) is 13.3. The predicted molar refractivity (Wildman–Crippen MR) is 92.7 cm³/mol. The van der Waals surface area contributed by atoms with E-state index in [1.807, 2.05) is 6.92 Å². The van der Waals surface area contributed by atoms with Gasteiger partial charge in [-0.3, -0.25) is 4.79 Å². The highest BCUT2D eigenvalue weighted by molar-refractivity contribution is 7.95. The SMILES string of the molecule is CC(=O)Nc1ccc(C=C(C#N)S(=O)(=O)c2ccc(C)cc2)cc1. The Morgan fingerprint density at radius 3 is 2.17 bits per heavy atom. The third-order valence-corrected chi connectivity index (χ3v) is 4.94. The fourth-order valence-electron chi connectivity index (χ4n) is 2.03. The molecule has 122 valence electrons. The molecule has 0 aliphatic rings. The molecule has 2 aromatic rings. The van der Waals surface area contributed by atoms with Crippen LogP contribution in [0, 0.1) is 18.3 Å². The van der Waals surface area contributed by atoms with Crippen LogP contribution >= 0.6 is 0 Å². The normalized spacial score (nSPS) is 11.6. The molecule has 24 heavy (non-hydrogen) atoms. The molecule has 0 unspecified atom stereocenters. The van der Waals surface area contributed by atoms with E-state index in [1.165, 1.54) is 25.1 Å². The highest BCUT2D eigenvalue weighted by atomic mass is 32.2. The third kappa shape index (κ3) is 4.09. The summed E-state index contributed by atoms with van der Waals surface area (Å²) in [7, 11) is -3.86. The van der Waals surface area contributed by atoms with E-state index in [-0.39, 0.29) is 15.7 Å². The van der Waals surface area contributed by atoms with Crippen molar-refractivity contribution in [2.75, 3.05) is 5.32 Å². The lowest BCUT2D eigenvalue weighted by molar-refractivity contribution is -0.114. The minimum absolute atomic E-state index is 0.0794. The van der Waals surface area contributed by atoms with Gasteiger partial charge >= 0.3 is 0 Å². The number of allylic oxidation sites excluding steroid dienone is 1. The quantitative estimate of drug-likeness (QED) is 0.865. The fourth-order valence-corrected chi connectivity index (χ4v) is 3.19. The van der Waals surface area contributed by atoms with Gasteiger partial charge in [0.1, 0.15) is 11.0 Å². The van der Waals surface area contributed by atoms with Crippen LogP contribution in [0.15, 0.2) is 58.3 Å². The summed E-state index contributed by atoms with van der Waals surface area (Å²) in [6.45, 7) is 3.25. The number of aryl methyl sites for hydroxylation is 1. The molecular formula is C18H16N2O3S. The summed E-state index contributed by atoms with van der Waals surface area (Å²) in [5, 5.41) is 11.9. The van der Waals surface area contributed by atoms with Crippen molar-refractivity contribution in [1.82, 2.24) is 0 Å². The Morgan fingerprint density at radius 2 is 1.67 bits per heavy atom. The number of hydrogen-bond acceptors (Lipinski definition) is 4. The Kier molecular flexibility index (Phi) is 5.17. The molecule has 1 N–H and O–H groups in total. The standard InChI is InChI=1S/C18H16N2O3S/c1-13-3-9-17(10-4-13)24(22,23)18(12-19)11-15-5-7-16(8-6-15)20-14(2)21/h3-11H,1-2H3,(H,20,21). The number of sulfone groups is 1. The van der Waals surface area contributed by atoms with Crippen LogP contribution in [0.1, 0.15) is 18.1 Å². The topological polar surface area (TPSA) is 87.0 Å². The van der Waals surface area contributed by atoms with Crippen LogP contribution in [0.2, 0.25) is 0 Å². The Hall–Kier alpha value is -2.91. The molecule has 0 bridgehead atoms. The first-order valence-corrected chi connectivity index (χ1v) is 8.62. The molecule has 6 heteroatoms. The first kappa shape index (κ1) is 17.4. The van der Waals surface area contributed by atoms with Crippen molar-refractivity contribution in [3.05, 3.63) is 64.6 Å². The molecule has 0 atom stereocenters. The maximum atomic E-state index is 12.5. The van der Waals surface area contributed by atoms with Crippen molar-refractivity contribution in [2.45, 2.75) is 18.7 Å². The van der Waals surface area contributed by atoms with Crippen LogP contribution in [0.5, 0.6) is 0 Å². The van der Waals surface area contributed by atoms with Crippen molar-refractivity contribution >= 4 is 27.5 Å². The van der Waals surface area contributed by atoms with Crippen LogP contribution in [-0.2, 0) is 14.6 Å². The van der Waals surface area contributed by atoms with Gasteiger partial charge in [-0.1, -0.05) is 29.8 Å². The number of benzene rings is 2. The average Bonchev–Trinajstić information content (AvgIpc) is 2.54. The van der Waals surface area contributed by atoms with Crippen molar-refractivity contribution < 1.29 is 13.2 Å². The van der Waals surface area contributed by atoms with Crippen molar-refractivity contribution in [1.29, 1.82) is 5.26 Å². The van der Waals surface area contributed by atoms with E-state index in [0.717, 1.165) is 5.56 Å². The number of nitrogens with one attached hydrogen (secondary N) is 1. The van der Waals surface area contributed by atoms with Gasteiger partial charge in [-0.05, 0) is 42.8 Å². The zero-order chi connectivity index (χ0) is 17.7. The number of carbonyl (C=O) groups is 1. The molecule has 0 aliphatic carbocycles. The van der Waals surface area contributed by atoms with Gasteiger partial charge < -0.3 is 5.32 Å². The van der Waals surface area contributed by atoms with Crippen LogP contribution in [0.4, 0.5) is 5.69 Å². The number of hydrogen-bond donors (Lipinski definition) is 1. The molecule has 0 aromatic heterocycles. The Balaban J connectivity index is 2.36. The molecule has 0 saturated heterocycles. The number of amides is 1. The summed E-state index contributed by atoms with van der Waals surface area (Å²) in [5.74, 6) is -0.196. The molecule has 0 fully saturated rings. The van der Waals surface area contributed by atoms with Gasteiger partial charge in [0, 0.05) is 12.6 Å². The third-order valence-electron chi connectivity index (χ3n) is 3.26. The summed E-state index contributed by atoms with van der Waals surface area (Å²) in [6.07, 6.45) is 1.31. The minimum Gasteiger partial charge on any atom is -0.326 e. The van der Waals surface area contributed by atoms with E-state index in [2.05, 4.69) is 5.32 Å². The Bertz CT molecular complexity index is 920. The molecule has 0 saturated carbocycles. The van der Waals surface area contributed by atoms with Gasteiger partial charge in [0.05, 0.1) is 4.90 Å². The van der Waals surface area contributed by atoms with Crippen molar-refractivity contribution in [3.63, 3.8) is 0 Å². The van der Waals surface area contributed by atoms with E-state index in [4.69, 9.17) is 0 Å². The number of rotatable bonds is 4. The lowest BCUT2D eigenvalue weighted by Gasteiger charge is -2.05. The monoisotopic (exact) mass is 340 g/mol. The molecule has 2 aromatic carbocycles. The second-order valence-corrected chi connectivity index (χ2v) is 7.16. The van der Waals surface area contributed by atoms with Gasteiger partial charge in [-0.25, -0.2) is 8.42 Å². The average molecular weight is 340 g/mol. The lowest BCUT2D eigenvalue weighted by Crippen LogP contribution is -2.05. The van der Waals surface area contributed by atoms with E-state index in [9.17, 15) is 18.5 Å². The van der Waals surface area contributed by atoms with Crippen LogP contribution in [0.3, 0.4) is 0 Å². The van der Waals surface area contributed by atoms with Crippen molar-refractivity contribution in [3.8, 4) is 6.07 Å². The molecular weight excluding hydrogens is 324 g/mol. The molecule has 5 nitrogen and oxygen atoms in total.